The van der Waals surface area contributed by atoms with Gasteiger partial charge in [0.05, 0.1) is 5.69 Å². The first kappa shape index (κ1) is 11.4. The summed E-state index contributed by atoms with van der Waals surface area (Å²) in [5.41, 5.74) is 5.29. The summed E-state index contributed by atoms with van der Waals surface area (Å²) in [6.45, 7) is 4.32. The van der Waals surface area contributed by atoms with Crippen LogP contribution in [0.2, 0.25) is 0 Å². The van der Waals surface area contributed by atoms with Crippen molar-refractivity contribution in [3.05, 3.63) is 29.3 Å². The Balaban J connectivity index is 0.000000980. The van der Waals surface area contributed by atoms with Crippen molar-refractivity contribution in [1.82, 2.24) is 0 Å². The lowest BCUT2D eigenvalue weighted by atomic mass is 9.99. The number of rotatable bonds is 1. The SMILES string of the molecule is Br.CCC1=Nc2ccc(C)cc2CC1. The summed E-state index contributed by atoms with van der Waals surface area (Å²) in [5, 5.41) is 0. The van der Waals surface area contributed by atoms with E-state index < -0.39 is 0 Å². The molecule has 0 saturated carbocycles. The molecule has 0 saturated heterocycles. The first-order valence-corrected chi connectivity index (χ1v) is 4.95. The molecule has 1 aliphatic heterocycles. The van der Waals surface area contributed by atoms with E-state index in [0.29, 0.717) is 0 Å². The van der Waals surface area contributed by atoms with Crippen LogP contribution in [0.4, 0.5) is 5.69 Å². The van der Waals surface area contributed by atoms with Gasteiger partial charge in [-0.1, -0.05) is 24.6 Å². The summed E-state index contributed by atoms with van der Waals surface area (Å²) < 4.78 is 0. The van der Waals surface area contributed by atoms with Crippen LogP contribution in [-0.4, -0.2) is 5.71 Å². The summed E-state index contributed by atoms with van der Waals surface area (Å²) in [4.78, 5) is 4.62. The van der Waals surface area contributed by atoms with Gasteiger partial charge < -0.3 is 0 Å². The number of benzene rings is 1. The molecule has 0 radical (unpaired) electrons. The molecule has 0 bridgehead atoms. The van der Waals surface area contributed by atoms with Crippen molar-refractivity contribution in [3.8, 4) is 0 Å². The van der Waals surface area contributed by atoms with Crippen molar-refractivity contribution < 1.29 is 0 Å². The minimum absolute atomic E-state index is 0. The number of fused-ring (bicyclic) bond motifs is 1. The van der Waals surface area contributed by atoms with Crippen molar-refractivity contribution >= 4 is 28.4 Å². The van der Waals surface area contributed by atoms with E-state index >= 15 is 0 Å². The number of aliphatic imine (C=N–C) groups is 1. The van der Waals surface area contributed by atoms with Crippen LogP contribution < -0.4 is 0 Å². The van der Waals surface area contributed by atoms with Crippen LogP contribution in [0.3, 0.4) is 0 Å². The minimum Gasteiger partial charge on any atom is -0.258 e. The average Bonchev–Trinajstić information content (AvgIpc) is 2.17. The third kappa shape index (κ3) is 2.24. The summed E-state index contributed by atoms with van der Waals surface area (Å²) in [5.74, 6) is 0. The van der Waals surface area contributed by atoms with Gasteiger partial charge in [0.1, 0.15) is 0 Å². The first-order chi connectivity index (χ1) is 6.29. The molecular weight excluding hydrogens is 238 g/mol. The Morgan fingerprint density at radius 1 is 1.29 bits per heavy atom. The fourth-order valence-electron chi connectivity index (χ4n) is 1.78. The van der Waals surface area contributed by atoms with Crippen molar-refractivity contribution in [1.29, 1.82) is 0 Å². The van der Waals surface area contributed by atoms with E-state index in [1.165, 1.54) is 28.9 Å². The zero-order valence-corrected chi connectivity index (χ0v) is 10.4. The van der Waals surface area contributed by atoms with Gasteiger partial charge in [-0.05, 0) is 37.8 Å². The number of hydrogen-bond donors (Lipinski definition) is 0. The Bertz CT molecular complexity index is 355. The molecule has 0 aliphatic carbocycles. The third-order valence-corrected chi connectivity index (χ3v) is 2.60. The second-order valence-electron chi connectivity index (χ2n) is 3.66. The molecule has 0 atom stereocenters. The molecule has 2 rings (SSSR count). The fraction of sp³-hybridized carbons (Fsp3) is 0.417. The smallest absolute Gasteiger partial charge is 0.0661 e. The molecule has 1 heterocycles. The van der Waals surface area contributed by atoms with Gasteiger partial charge in [0.15, 0.2) is 0 Å². The summed E-state index contributed by atoms with van der Waals surface area (Å²) in [7, 11) is 0. The quantitative estimate of drug-likeness (QED) is 0.718. The monoisotopic (exact) mass is 253 g/mol. The highest BCUT2D eigenvalue weighted by Gasteiger charge is 2.09. The predicted octanol–water partition coefficient (Wildman–Crippen LogP) is 4.00. The molecule has 76 valence electrons. The van der Waals surface area contributed by atoms with Crippen LogP contribution in [0.15, 0.2) is 23.2 Å². The van der Waals surface area contributed by atoms with Gasteiger partial charge in [-0.25, -0.2) is 0 Å². The number of aryl methyl sites for hydroxylation is 2. The lowest BCUT2D eigenvalue weighted by Gasteiger charge is -2.14. The Labute approximate surface area is 96.0 Å². The van der Waals surface area contributed by atoms with Crippen LogP contribution in [0.25, 0.3) is 0 Å². The van der Waals surface area contributed by atoms with Crippen molar-refractivity contribution in [2.45, 2.75) is 33.1 Å². The molecule has 0 aromatic heterocycles. The Kier molecular flexibility index (Phi) is 3.87. The maximum absolute atomic E-state index is 4.62. The molecule has 0 N–H and O–H groups in total. The summed E-state index contributed by atoms with van der Waals surface area (Å²) in [6.07, 6.45) is 3.41. The molecule has 2 heteroatoms. The predicted molar refractivity (Wildman–Crippen MR) is 67.2 cm³/mol. The lowest BCUT2D eigenvalue weighted by Crippen LogP contribution is -2.04. The molecule has 0 amide bonds. The summed E-state index contributed by atoms with van der Waals surface area (Å²) in [6, 6.07) is 6.53. The number of nitrogens with zero attached hydrogens (tertiary/aromatic N) is 1. The zero-order chi connectivity index (χ0) is 9.26. The highest BCUT2D eigenvalue weighted by molar-refractivity contribution is 8.93. The molecule has 14 heavy (non-hydrogen) atoms. The van der Waals surface area contributed by atoms with Crippen molar-refractivity contribution in [2.75, 3.05) is 0 Å². The average molecular weight is 254 g/mol. The second-order valence-corrected chi connectivity index (χ2v) is 3.66. The molecule has 1 aromatic rings. The molecule has 0 spiro atoms. The van der Waals surface area contributed by atoms with Gasteiger partial charge in [-0.2, -0.15) is 0 Å². The maximum atomic E-state index is 4.62. The number of halogens is 1. The van der Waals surface area contributed by atoms with Crippen LogP contribution in [0.5, 0.6) is 0 Å². The highest BCUT2D eigenvalue weighted by Crippen LogP contribution is 2.27. The van der Waals surface area contributed by atoms with Gasteiger partial charge in [0.25, 0.3) is 0 Å². The van der Waals surface area contributed by atoms with E-state index in [-0.39, 0.29) is 17.0 Å². The third-order valence-electron chi connectivity index (χ3n) is 2.60. The molecule has 1 aliphatic rings. The molecule has 0 fully saturated rings. The van der Waals surface area contributed by atoms with Gasteiger partial charge in [-0.15, -0.1) is 17.0 Å². The summed E-state index contributed by atoms with van der Waals surface area (Å²) >= 11 is 0. The fourth-order valence-corrected chi connectivity index (χ4v) is 1.78. The van der Waals surface area contributed by atoms with Crippen molar-refractivity contribution in [2.24, 2.45) is 4.99 Å². The normalized spacial score (nSPS) is 14.0. The molecular formula is C12H16BrN. The van der Waals surface area contributed by atoms with E-state index in [4.69, 9.17) is 0 Å². The Morgan fingerprint density at radius 2 is 2.07 bits per heavy atom. The molecule has 0 unspecified atom stereocenters. The second kappa shape index (κ2) is 4.74. The molecule has 1 nitrogen and oxygen atoms in total. The van der Waals surface area contributed by atoms with Crippen LogP contribution >= 0.6 is 17.0 Å². The van der Waals surface area contributed by atoms with Gasteiger partial charge in [0.2, 0.25) is 0 Å². The first-order valence-electron chi connectivity index (χ1n) is 4.95. The van der Waals surface area contributed by atoms with Gasteiger partial charge in [-0.3, -0.25) is 4.99 Å². The van der Waals surface area contributed by atoms with Crippen LogP contribution in [0.1, 0.15) is 30.9 Å². The maximum Gasteiger partial charge on any atom is 0.0661 e. The number of hydrogen-bond acceptors (Lipinski definition) is 1. The largest absolute Gasteiger partial charge is 0.258 e. The minimum atomic E-state index is 0. The van der Waals surface area contributed by atoms with Gasteiger partial charge in [0, 0.05) is 5.71 Å². The van der Waals surface area contributed by atoms with Crippen molar-refractivity contribution in [3.63, 3.8) is 0 Å². The van der Waals surface area contributed by atoms with E-state index in [1.54, 1.807) is 0 Å². The van der Waals surface area contributed by atoms with E-state index in [9.17, 15) is 0 Å². The van der Waals surface area contributed by atoms with Gasteiger partial charge >= 0.3 is 0 Å². The van der Waals surface area contributed by atoms with Crippen LogP contribution in [-0.2, 0) is 6.42 Å². The van der Waals surface area contributed by atoms with E-state index in [0.717, 1.165) is 12.8 Å². The van der Waals surface area contributed by atoms with E-state index in [1.807, 2.05) is 0 Å². The zero-order valence-electron chi connectivity index (χ0n) is 8.71. The van der Waals surface area contributed by atoms with E-state index in [2.05, 4.69) is 37.0 Å². The highest BCUT2D eigenvalue weighted by atomic mass is 79.9. The Hall–Kier alpha value is -0.630. The molecule has 1 aromatic carbocycles. The Morgan fingerprint density at radius 3 is 2.79 bits per heavy atom. The lowest BCUT2D eigenvalue weighted by molar-refractivity contribution is 0.972. The van der Waals surface area contributed by atoms with Crippen LogP contribution in [0, 0.1) is 6.92 Å². The standard InChI is InChI=1S/C12H15N.BrH/c1-3-11-6-5-10-8-9(2)4-7-12(10)13-11;/h4,7-8H,3,5-6H2,1-2H3;1H. The topological polar surface area (TPSA) is 12.4 Å².